The Balaban J connectivity index is 1.14. The number of thiazole rings is 1. The molecule has 1 aliphatic rings. The monoisotopic (exact) mass is 511 g/mol. The summed E-state index contributed by atoms with van der Waals surface area (Å²) in [4.78, 5) is 39.9. The molecule has 3 aromatic rings. The van der Waals surface area contributed by atoms with Crippen LogP contribution in [0.2, 0.25) is 0 Å². The number of rotatable bonds is 10. The molecule has 0 atom stereocenters. The summed E-state index contributed by atoms with van der Waals surface area (Å²) < 4.78 is 5.50. The molecule has 0 unspecified atom stereocenters. The Labute approximate surface area is 211 Å². The number of carbonyl (C=O) groups is 3. The van der Waals surface area contributed by atoms with E-state index in [1.165, 1.54) is 34.2 Å². The van der Waals surface area contributed by atoms with E-state index in [0.29, 0.717) is 22.2 Å². The molecule has 0 spiro atoms. The number of carboxylic acid groups (broad SMARTS) is 1. The van der Waals surface area contributed by atoms with Gasteiger partial charge in [0.25, 0.3) is 0 Å². The van der Waals surface area contributed by atoms with Crippen molar-refractivity contribution in [3.8, 4) is 11.1 Å². The zero-order valence-corrected chi connectivity index (χ0v) is 20.7. The van der Waals surface area contributed by atoms with Gasteiger partial charge in [0.15, 0.2) is 5.69 Å². The van der Waals surface area contributed by atoms with Crippen LogP contribution in [0.25, 0.3) is 11.1 Å². The van der Waals surface area contributed by atoms with Crippen molar-refractivity contribution in [3.05, 3.63) is 75.2 Å². The van der Waals surface area contributed by atoms with Gasteiger partial charge < -0.3 is 20.5 Å². The second-order valence-corrected chi connectivity index (χ2v) is 10.3. The van der Waals surface area contributed by atoms with Crippen LogP contribution in [0.15, 0.2) is 48.5 Å². The molecule has 35 heavy (non-hydrogen) atoms. The fraction of sp³-hybridized carbons (Fsp3) is 0.280. The molecule has 1 aliphatic carbocycles. The van der Waals surface area contributed by atoms with Gasteiger partial charge in [-0.05, 0) is 29.2 Å². The van der Waals surface area contributed by atoms with Crippen molar-refractivity contribution in [3.63, 3.8) is 0 Å². The molecule has 8 nitrogen and oxygen atoms in total. The first kappa shape index (κ1) is 24.7. The van der Waals surface area contributed by atoms with Gasteiger partial charge in [-0.1, -0.05) is 48.5 Å². The molecular formula is C25H25N3O5S2. The third-order valence-corrected chi connectivity index (χ3v) is 7.50. The number of benzene rings is 2. The van der Waals surface area contributed by atoms with Crippen molar-refractivity contribution in [2.45, 2.75) is 19.4 Å². The smallest absolute Gasteiger partial charge is 0.407 e. The number of thioether (sulfide) groups is 1. The standard InChI is InChI=1S/C25H25N3O5S2/c1-15-23(24(30)31)28-22(35-15)12-27-21(29)14-34-11-10-26-25(32)33-13-20-18-8-4-2-6-16(18)17-7-3-5-9-19(17)20/h2-9,20H,10-14H2,1H3,(H,26,32)(H,27,29)(H,30,31). The molecule has 0 radical (unpaired) electrons. The number of aromatic nitrogens is 1. The van der Waals surface area contributed by atoms with E-state index in [1.807, 2.05) is 24.3 Å². The molecule has 182 valence electrons. The summed E-state index contributed by atoms with van der Waals surface area (Å²) in [5.41, 5.74) is 4.71. The number of carboxylic acids is 1. The Bertz CT molecular complexity index is 1200. The second-order valence-electron chi connectivity index (χ2n) is 7.90. The third kappa shape index (κ3) is 6.01. The molecule has 0 saturated heterocycles. The minimum absolute atomic E-state index is 0.0134. The number of ether oxygens (including phenoxy) is 1. The Morgan fingerprint density at radius 2 is 1.71 bits per heavy atom. The molecule has 0 fully saturated rings. The molecule has 10 heteroatoms. The van der Waals surface area contributed by atoms with Gasteiger partial charge in [-0.25, -0.2) is 14.6 Å². The van der Waals surface area contributed by atoms with Crippen LogP contribution in [-0.4, -0.2) is 52.7 Å². The number of nitrogens with one attached hydrogen (secondary N) is 2. The second kappa shape index (κ2) is 11.4. The first-order valence-electron chi connectivity index (χ1n) is 11.1. The summed E-state index contributed by atoms with van der Waals surface area (Å²) in [6.45, 7) is 2.51. The molecule has 0 bridgehead atoms. The fourth-order valence-corrected chi connectivity index (χ4v) is 5.53. The van der Waals surface area contributed by atoms with Gasteiger partial charge in [-0.15, -0.1) is 11.3 Å². The highest BCUT2D eigenvalue weighted by Crippen LogP contribution is 2.44. The Hall–Kier alpha value is -3.37. The molecule has 4 rings (SSSR count). The number of aromatic carboxylic acids is 1. The average Bonchev–Trinajstić information content (AvgIpc) is 3.39. The van der Waals surface area contributed by atoms with Crippen molar-refractivity contribution in [2.24, 2.45) is 0 Å². The Morgan fingerprint density at radius 3 is 2.34 bits per heavy atom. The average molecular weight is 512 g/mol. The van der Waals surface area contributed by atoms with E-state index in [9.17, 15) is 14.4 Å². The lowest BCUT2D eigenvalue weighted by Crippen LogP contribution is -2.29. The maximum Gasteiger partial charge on any atom is 0.407 e. The normalized spacial score (nSPS) is 12.0. The molecule has 0 aliphatic heterocycles. The van der Waals surface area contributed by atoms with E-state index in [2.05, 4.69) is 39.9 Å². The zero-order chi connectivity index (χ0) is 24.8. The van der Waals surface area contributed by atoms with E-state index in [0.717, 1.165) is 11.1 Å². The van der Waals surface area contributed by atoms with Crippen molar-refractivity contribution < 1.29 is 24.2 Å². The predicted octanol–water partition coefficient (Wildman–Crippen LogP) is 4.04. The van der Waals surface area contributed by atoms with Gasteiger partial charge in [0.2, 0.25) is 5.91 Å². The van der Waals surface area contributed by atoms with E-state index in [-0.39, 0.29) is 36.4 Å². The van der Waals surface area contributed by atoms with Crippen LogP contribution in [-0.2, 0) is 16.1 Å². The van der Waals surface area contributed by atoms with E-state index in [4.69, 9.17) is 9.84 Å². The summed E-state index contributed by atoms with van der Waals surface area (Å²) in [7, 11) is 0. The Morgan fingerprint density at radius 1 is 1.06 bits per heavy atom. The van der Waals surface area contributed by atoms with Gasteiger partial charge in [-0.3, -0.25) is 4.79 Å². The highest BCUT2D eigenvalue weighted by atomic mass is 32.2. The summed E-state index contributed by atoms with van der Waals surface area (Å²) in [5.74, 6) is -0.462. The highest BCUT2D eigenvalue weighted by molar-refractivity contribution is 7.99. The number of nitrogens with zero attached hydrogens (tertiary/aromatic N) is 1. The number of amides is 2. The topological polar surface area (TPSA) is 118 Å². The predicted molar refractivity (Wildman–Crippen MR) is 136 cm³/mol. The lowest BCUT2D eigenvalue weighted by atomic mass is 9.98. The van der Waals surface area contributed by atoms with Crippen LogP contribution >= 0.6 is 23.1 Å². The zero-order valence-electron chi connectivity index (χ0n) is 19.1. The van der Waals surface area contributed by atoms with Gasteiger partial charge in [0.05, 0.1) is 12.3 Å². The van der Waals surface area contributed by atoms with Crippen LogP contribution in [0, 0.1) is 6.92 Å². The fourth-order valence-electron chi connectivity index (χ4n) is 3.99. The number of alkyl carbamates (subject to hydrolysis) is 1. The number of hydrogen-bond acceptors (Lipinski definition) is 7. The van der Waals surface area contributed by atoms with Gasteiger partial charge >= 0.3 is 12.1 Å². The Kier molecular flexibility index (Phi) is 8.04. The summed E-state index contributed by atoms with van der Waals surface area (Å²) in [6.07, 6.45) is -0.481. The van der Waals surface area contributed by atoms with Crippen LogP contribution in [0.3, 0.4) is 0 Å². The molecule has 3 N–H and O–H groups in total. The SMILES string of the molecule is Cc1sc(CNC(=O)CSCCNC(=O)OCC2c3ccccc3-c3ccccc32)nc1C(=O)O. The van der Waals surface area contributed by atoms with Crippen molar-refractivity contribution in [1.82, 2.24) is 15.6 Å². The quantitative estimate of drug-likeness (QED) is 0.352. The summed E-state index contributed by atoms with van der Waals surface area (Å²) in [5, 5.41) is 15.1. The van der Waals surface area contributed by atoms with Crippen molar-refractivity contribution in [1.29, 1.82) is 0 Å². The highest BCUT2D eigenvalue weighted by Gasteiger charge is 2.28. The minimum Gasteiger partial charge on any atom is -0.476 e. The molecule has 1 aromatic heterocycles. The largest absolute Gasteiger partial charge is 0.476 e. The minimum atomic E-state index is -1.07. The molecule has 1 heterocycles. The lowest BCUT2D eigenvalue weighted by molar-refractivity contribution is -0.118. The first-order valence-corrected chi connectivity index (χ1v) is 13.0. The molecule has 2 amide bonds. The van der Waals surface area contributed by atoms with E-state index in [1.54, 1.807) is 6.92 Å². The van der Waals surface area contributed by atoms with Gasteiger partial charge in [0.1, 0.15) is 11.6 Å². The molecular weight excluding hydrogens is 486 g/mol. The number of fused-ring (bicyclic) bond motifs is 3. The first-order chi connectivity index (χ1) is 16.9. The van der Waals surface area contributed by atoms with Gasteiger partial charge in [0, 0.05) is 23.1 Å². The number of aryl methyl sites for hydroxylation is 1. The number of hydrogen-bond donors (Lipinski definition) is 3. The third-order valence-electron chi connectivity index (χ3n) is 5.57. The van der Waals surface area contributed by atoms with Crippen LogP contribution < -0.4 is 10.6 Å². The summed E-state index contributed by atoms with van der Waals surface area (Å²) in [6, 6.07) is 16.3. The van der Waals surface area contributed by atoms with Crippen molar-refractivity contribution in [2.75, 3.05) is 24.7 Å². The van der Waals surface area contributed by atoms with Crippen LogP contribution in [0.5, 0.6) is 0 Å². The van der Waals surface area contributed by atoms with E-state index >= 15 is 0 Å². The number of carbonyl (C=O) groups excluding carboxylic acids is 2. The molecule has 2 aromatic carbocycles. The summed E-state index contributed by atoms with van der Waals surface area (Å²) >= 11 is 2.63. The molecule has 0 saturated carbocycles. The maximum atomic E-state index is 12.2. The van der Waals surface area contributed by atoms with Crippen LogP contribution in [0.4, 0.5) is 4.79 Å². The maximum absolute atomic E-state index is 12.2. The van der Waals surface area contributed by atoms with Gasteiger partial charge in [-0.2, -0.15) is 11.8 Å². The lowest BCUT2D eigenvalue weighted by Gasteiger charge is -2.14. The van der Waals surface area contributed by atoms with E-state index < -0.39 is 12.1 Å². The van der Waals surface area contributed by atoms with Crippen molar-refractivity contribution >= 4 is 41.1 Å². The van der Waals surface area contributed by atoms with Crippen LogP contribution in [0.1, 0.15) is 37.4 Å².